The van der Waals surface area contributed by atoms with Crippen LogP contribution in [0.1, 0.15) is 17.5 Å². The first-order chi connectivity index (χ1) is 14.3. The Balaban J connectivity index is 0.000000255. The number of hydrogen-bond acceptors (Lipinski definition) is 0. The average molecular weight is 483 g/mol. The summed E-state index contributed by atoms with van der Waals surface area (Å²) in [5.74, 6) is -0.168. The van der Waals surface area contributed by atoms with Crippen LogP contribution in [0.15, 0.2) is 115 Å². The molecule has 0 heterocycles. The molecular formula is C27H21Cl2FTi-2. The summed E-state index contributed by atoms with van der Waals surface area (Å²) < 4.78 is 14.5. The number of rotatable bonds is 2. The zero-order valence-corrected chi connectivity index (χ0v) is 19.9. The third-order valence-corrected chi connectivity index (χ3v) is 5.21. The Labute approximate surface area is 207 Å². The molecule has 0 bridgehead atoms. The molecule has 0 N–H and O–H groups in total. The van der Waals surface area contributed by atoms with Crippen molar-refractivity contribution in [2.45, 2.75) is 6.42 Å². The Bertz CT molecular complexity index is 1070. The quantitative estimate of drug-likeness (QED) is 0.293. The molecule has 0 amide bonds. The van der Waals surface area contributed by atoms with Crippen LogP contribution in [0.2, 0.25) is 0 Å². The van der Waals surface area contributed by atoms with E-state index in [-0.39, 0.29) is 30.6 Å². The molecule has 0 spiro atoms. The van der Waals surface area contributed by atoms with Gasteiger partial charge in [0.25, 0.3) is 0 Å². The second-order valence-corrected chi connectivity index (χ2v) is 7.16. The van der Waals surface area contributed by atoms with Crippen LogP contribution in [0.3, 0.4) is 0 Å². The van der Waals surface area contributed by atoms with Gasteiger partial charge in [0.2, 0.25) is 0 Å². The van der Waals surface area contributed by atoms with Gasteiger partial charge < -0.3 is 24.8 Å². The summed E-state index contributed by atoms with van der Waals surface area (Å²) in [6.45, 7) is 0. The van der Waals surface area contributed by atoms with E-state index in [1.54, 1.807) is 12.1 Å². The minimum absolute atomic E-state index is 0. The van der Waals surface area contributed by atoms with Crippen molar-refractivity contribution in [2.24, 2.45) is 0 Å². The van der Waals surface area contributed by atoms with Crippen LogP contribution in [0.25, 0.3) is 10.8 Å². The first-order valence-corrected chi connectivity index (χ1v) is 10.2. The Morgan fingerprint density at radius 3 is 2.13 bits per heavy atom. The molecule has 0 radical (unpaired) electrons. The number of halogens is 3. The molecule has 0 unspecified atom stereocenters. The van der Waals surface area contributed by atoms with E-state index >= 15 is 0 Å². The molecule has 0 saturated heterocycles. The molecule has 0 nitrogen and oxygen atoms in total. The van der Waals surface area contributed by atoms with Crippen LogP contribution in [0, 0.1) is 11.9 Å². The van der Waals surface area contributed by atoms with Crippen molar-refractivity contribution in [2.75, 3.05) is 0 Å². The Kier molecular flexibility index (Phi) is 12.8. The second kappa shape index (κ2) is 14.8. The monoisotopic (exact) mass is 482 g/mol. The van der Waals surface area contributed by atoms with E-state index in [0.29, 0.717) is 5.56 Å². The molecule has 4 aromatic rings. The molecule has 0 aliphatic heterocycles. The maximum atomic E-state index is 13.5. The molecular weight excluding hydrogens is 462 g/mol. The smallest absolute Gasteiger partial charge is 0.0809 e. The van der Waals surface area contributed by atoms with Crippen molar-refractivity contribution in [1.82, 2.24) is 0 Å². The maximum Gasteiger partial charge on any atom is -0.0809 e. The van der Waals surface area contributed by atoms with Gasteiger partial charge in [-0.3, -0.25) is 6.08 Å². The molecule has 0 saturated carbocycles. The average Bonchev–Trinajstić information content (AvgIpc) is 3.50. The largest absolute Gasteiger partial charge is 1.00 e. The summed E-state index contributed by atoms with van der Waals surface area (Å²) in [7, 11) is 0. The Morgan fingerprint density at radius 1 is 0.839 bits per heavy atom. The van der Waals surface area contributed by atoms with Gasteiger partial charge in [-0.2, -0.15) is 23.6 Å². The number of benzene rings is 3. The topological polar surface area (TPSA) is 0 Å². The van der Waals surface area contributed by atoms with Crippen molar-refractivity contribution >= 4 is 14.6 Å². The molecule has 31 heavy (non-hydrogen) atoms. The molecule has 0 atom stereocenters. The molecule has 4 aromatic carbocycles. The van der Waals surface area contributed by atoms with Gasteiger partial charge >= 0.3 is 99.7 Å². The SMILES string of the molecule is Fc1ccccc1[C](=[Ti+2])c1ccccc1.[C-]1=CC=CC1.[Cl-].[Cl-].c1ccc2[cH-]ccc2c1. The predicted molar refractivity (Wildman–Crippen MR) is 117 cm³/mol. The van der Waals surface area contributed by atoms with Crippen molar-refractivity contribution in [1.29, 1.82) is 0 Å². The summed E-state index contributed by atoms with van der Waals surface area (Å²) in [4.78, 5) is 0. The van der Waals surface area contributed by atoms with Crippen molar-refractivity contribution < 1.29 is 49.2 Å². The van der Waals surface area contributed by atoms with Crippen LogP contribution >= 0.6 is 0 Å². The van der Waals surface area contributed by atoms with Crippen molar-refractivity contribution in [3.05, 3.63) is 138 Å². The Hall–Kier alpha value is -2.16. The molecule has 0 fully saturated rings. The second-order valence-electron chi connectivity index (χ2n) is 6.38. The zero-order chi connectivity index (χ0) is 20.3. The molecule has 1 aliphatic carbocycles. The van der Waals surface area contributed by atoms with E-state index in [9.17, 15) is 4.39 Å². The number of fused-ring (bicyclic) bond motifs is 1. The third kappa shape index (κ3) is 8.48. The molecule has 0 aromatic heterocycles. The van der Waals surface area contributed by atoms with Crippen LogP contribution in [0.4, 0.5) is 4.39 Å². The fraction of sp³-hybridized carbons (Fsp3) is 0.0370. The van der Waals surface area contributed by atoms with Gasteiger partial charge in [-0.15, -0.1) is 36.1 Å². The van der Waals surface area contributed by atoms with Crippen molar-refractivity contribution in [3.63, 3.8) is 0 Å². The van der Waals surface area contributed by atoms with E-state index in [0.717, 1.165) is 15.8 Å². The summed E-state index contributed by atoms with van der Waals surface area (Å²) in [6, 6.07) is 31.4. The van der Waals surface area contributed by atoms with Gasteiger partial charge in [0.15, 0.2) is 0 Å². The summed E-state index contributed by atoms with van der Waals surface area (Å²) in [5, 5.41) is 2.66. The molecule has 5 rings (SSSR count). The normalized spacial score (nSPS) is 10.7. The van der Waals surface area contributed by atoms with Crippen LogP contribution in [0.5, 0.6) is 0 Å². The van der Waals surface area contributed by atoms with Gasteiger partial charge in [0.1, 0.15) is 0 Å². The van der Waals surface area contributed by atoms with Crippen molar-refractivity contribution in [3.8, 4) is 0 Å². The first kappa shape index (κ1) is 26.9. The van der Waals surface area contributed by atoms with Crippen LogP contribution < -0.4 is 24.8 Å². The predicted octanol–water partition coefficient (Wildman–Crippen LogP) is 0.814. The van der Waals surface area contributed by atoms with Gasteiger partial charge in [-0.25, -0.2) is 12.2 Å². The summed E-state index contributed by atoms with van der Waals surface area (Å²) in [6.07, 6.45) is 10.0. The molecule has 4 heteroatoms. The number of hydrogen-bond donors (Lipinski definition) is 0. The summed E-state index contributed by atoms with van der Waals surface area (Å²) >= 11 is 1.94. The van der Waals surface area contributed by atoms with E-state index in [2.05, 4.69) is 54.6 Å². The molecule has 1 aliphatic rings. The Morgan fingerprint density at radius 2 is 1.52 bits per heavy atom. The fourth-order valence-electron chi connectivity index (χ4n) is 2.83. The van der Waals surface area contributed by atoms with Gasteiger partial charge in [-0.05, 0) is 0 Å². The number of allylic oxidation sites excluding steroid dienone is 4. The minimum Gasteiger partial charge on any atom is -1.00 e. The van der Waals surface area contributed by atoms with E-state index in [1.807, 2.05) is 68.5 Å². The van der Waals surface area contributed by atoms with Crippen LogP contribution in [-0.4, -0.2) is 3.81 Å². The van der Waals surface area contributed by atoms with E-state index in [1.165, 1.54) is 16.8 Å². The first-order valence-electron chi connectivity index (χ1n) is 9.47. The van der Waals surface area contributed by atoms with Gasteiger partial charge in [0, 0.05) is 0 Å². The van der Waals surface area contributed by atoms with E-state index < -0.39 is 0 Å². The van der Waals surface area contributed by atoms with Crippen LogP contribution in [-0.2, 0) is 20.0 Å². The fourth-order valence-corrected chi connectivity index (χ4v) is 3.41. The van der Waals surface area contributed by atoms with Gasteiger partial charge in [-0.1, -0.05) is 6.07 Å². The molecule has 156 valence electrons. The standard InChI is InChI=1S/C13H9F.C9H7.C5H5.2ClH.Ti/c14-13-9-5-4-8-12(13)10-11-6-2-1-3-7-11;1-2-5-9-7-3-6-8(9)4-1;1-2-4-5-3-1;;;/h1-9H;1-7H;1-3H,4H2;2*1H;/q;2*-1;;;+2/p-2. The minimum atomic E-state index is -0.168. The van der Waals surface area contributed by atoms with E-state index in [4.69, 9.17) is 0 Å². The summed E-state index contributed by atoms with van der Waals surface area (Å²) in [5.41, 5.74) is 1.73. The van der Waals surface area contributed by atoms with Gasteiger partial charge in [0.05, 0.1) is 0 Å². The maximum absolute atomic E-state index is 13.5. The third-order valence-electron chi connectivity index (χ3n) is 4.34. The zero-order valence-electron chi connectivity index (χ0n) is 16.8.